The number of hydrogen-bond acceptors (Lipinski definition) is 1. The molecule has 1 aromatic heterocycles. The van der Waals surface area contributed by atoms with Crippen LogP contribution in [0.1, 0.15) is 27.3 Å². The number of aryl methyl sites for hydroxylation is 1. The molecule has 0 saturated carbocycles. The summed E-state index contributed by atoms with van der Waals surface area (Å²) in [5.41, 5.74) is 5.08. The highest BCUT2D eigenvalue weighted by Crippen LogP contribution is 2.20. The minimum atomic E-state index is -0.0128. The van der Waals surface area contributed by atoms with Crippen molar-refractivity contribution in [2.75, 3.05) is 6.54 Å². The van der Waals surface area contributed by atoms with Crippen molar-refractivity contribution in [3.8, 4) is 5.69 Å². The third-order valence-electron chi connectivity index (χ3n) is 4.23. The predicted octanol–water partition coefficient (Wildman–Crippen LogP) is 4.07. The molecule has 0 unspecified atom stereocenters. The Labute approximate surface area is 143 Å². The summed E-state index contributed by atoms with van der Waals surface area (Å²) in [5, 5.41) is 3.03. The molecule has 3 nitrogen and oxygen atoms in total. The van der Waals surface area contributed by atoms with Crippen LogP contribution in [0.5, 0.6) is 0 Å². The van der Waals surface area contributed by atoms with Crippen LogP contribution in [-0.2, 0) is 6.42 Å². The molecule has 24 heavy (non-hydrogen) atoms. The molecule has 3 heteroatoms. The summed E-state index contributed by atoms with van der Waals surface area (Å²) in [6.45, 7) is 4.66. The number of benzene rings is 2. The van der Waals surface area contributed by atoms with E-state index in [2.05, 4.69) is 34.1 Å². The first-order valence-corrected chi connectivity index (χ1v) is 8.23. The fourth-order valence-corrected chi connectivity index (χ4v) is 3.03. The van der Waals surface area contributed by atoms with Gasteiger partial charge in [-0.1, -0.05) is 48.5 Å². The number of nitrogens with one attached hydrogen (secondary N) is 1. The molecule has 3 rings (SSSR count). The molecular weight excluding hydrogens is 296 g/mol. The van der Waals surface area contributed by atoms with E-state index in [4.69, 9.17) is 0 Å². The average Bonchev–Trinajstić information content (AvgIpc) is 2.91. The van der Waals surface area contributed by atoms with E-state index < -0.39 is 0 Å². The molecule has 2 aromatic carbocycles. The van der Waals surface area contributed by atoms with Gasteiger partial charge in [-0.05, 0) is 44.0 Å². The second-order valence-corrected chi connectivity index (χ2v) is 5.95. The third kappa shape index (κ3) is 3.40. The number of nitrogens with zero attached hydrogens (tertiary/aromatic N) is 1. The van der Waals surface area contributed by atoms with Crippen LogP contribution in [0.3, 0.4) is 0 Å². The van der Waals surface area contributed by atoms with Crippen molar-refractivity contribution in [2.45, 2.75) is 20.3 Å². The summed E-state index contributed by atoms with van der Waals surface area (Å²) in [7, 11) is 0. The first kappa shape index (κ1) is 16.1. The minimum Gasteiger partial charge on any atom is -0.352 e. The number of rotatable bonds is 5. The zero-order chi connectivity index (χ0) is 16.9. The summed E-state index contributed by atoms with van der Waals surface area (Å²) in [4.78, 5) is 12.5. The van der Waals surface area contributed by atoms with Crippen molar-refractivity contribution < 1.29 is 4.79 Å². The van der Waals surface area contributed by atoms with Crippen molar-refractivity contribution in [3.05, 3.63) is 89.2 Å². The Bertz CT molecular complexity index is 820. The first-order chi connectivity index (χ1) is 11.7. The largest absolute Gasteiger partial charge is 0.352 e. The Morgan fingerprint density at radius 3 is 2.25 bits per heavy atom. The Balaban J connectivity index is 1.72. The van der Waals surface area contributed by atoms with E-state index in [1.54, 1.807) is 0 Å². The smallest absolute Gasteiger partial charge is 0.253 e. The fraction of sp³-hybridized carbons (Fsp3) is 0.190. The lowest BCUT2D eigenvalue weighted by Crippen LogP contribution is -2.26. The molecule has 1 N–H and O–H groups in total. The number of carbonyl (C=O) groups excluding carboxylic acids is 1. The van der Waals surface area contributed by atoms with Crippen LogP contribution in [0.2, 0.25) is 0 Å². The van der Waals surface area contributed by atoms with Gasteiger partial charge in [0.25, 0.3) is 5.91 Å². The van der Waals surface area contributed by atoms with Gasteiger partial charge in [0.15, 0.2) is 0 Å². The van der Waals surface area contributed by atoms with Gasteiger partial charge in [0.1, 0.15) is 0 Å². The van der Waals surface area contributed by atoms with E-state index in [0.717, 1.165) is 29.1 Å². The lowest BCUT2D eigenvalue weighted by molar-refractivity contribution is 0.0953. The highest BCUT2D eigenvalue weighted by Gasteiger charge is 2.16. The molecule has 0 bridgehead atoms. The van der Waals surface area contributed by atoms with Gasteiger partial charge in [-0.3, -0.25) is 4.79 Å². The average molecular weight is 318 g/mol. The molecule has 0 spiro atoms. The highest BCUT2D eigenvalue weighted by atomic mass is 16.1. The second-order valence-electron chi connectivity index (χ2n) is 5.95. The Morgan fingerprint density at radius 1 is 0.958 bits per heavy atom. The minimum absolute atomic E-state index is 0.0128. The van der Waals surface area contributed by atoms with Crippen LogP contribution >= 0.6 is 0 Å². The second kappa shape index (κ2) is 7.18. The quantitative estimate of drug-likeness (QED) is 0.756. The number of hydrogen-bond donors (Lipinski definition) is 1. The van der Waals surface area contributed by atoms with Crippen LogP contribution in [0.25, 0.3) is 5.69 Å². The van der Waals surface area contributed by atoms with Crippen molar-refractivity contribution in [3.63, 3.8) is 0 Å². The van der Waals surface area contributed by atoms with Gasteiger partial charge in [0.05, 0.1) is 5.56 Å². The van der Waals surface area contributed by atoms with E-state index in [9.17, 15) is 4.79 Å². The standard InChI is InChI=1S/C21H22N2O/c1-16-15-20(17(2)23(16)19-11-7-4-8-12-19)21(24)22-14-13-18-9-5-3-6-10-18/h3-12,15H,13-14H2,1-2H3,(H,22,24). The van der Waals surface area contributed by atoms with Gasteiger partial charge in [-0.25, -0.2) is 0 Å². The summed E-state index contributed by atoms with van der Waals surface area (Å²) in [6.07, 6.45) is 0.837. The lowest BCUT2D eigenvalue weighted by atomic mass is 10.1. The molecule has 0 radical (unpaired) electrons. The monoisotopic (exact) mass is 318 g/mol. The van der Waals surface area contributed by atoms with Crippen molar-refractivity contribution in [1.82, 2.24) is 9.88 Å². The van der Waals surface area contributed by atoms with Gasteiger partial charge >= 0.3 is 0 Å². The Morgan fingerprint density at radius 2 is 1.58 bits per heavy atom. The fourth-order valence-electron chi connectivity index (χ4n) is 3.03. The molecular formula is C21H22N2O. The number of carbonyl (C=O) groups is 1. The molecule has 3 aromatic rings. The van der Waals surface area contributed by atoms with Gasteiger partial charge < -0.3 is 9.88 Å². The number of aromatic nitrogens is 1. The van der Waals surface area contributed by atoms with Gasteiger partial charge in [-0.2, -0.15) is 0 Å². The molecule has 0 fully saturated rings. The molecule has 0 saturated heterocycles. The predicted molar refractivity (Wildman–Crippen MR) is 97.7 cm³/mol. The van der Waals surface area contributed by atoms with E-state index >= 15 is 0 Å². The molecule has 0 aliphatic heterocycles. The van der Waals surface area contributed by atoms with Crippen LogP contribution in [0, 0.1) is 13.8 Å². The Kier molecular flexibility index (Phi) is 4.80. The van der Waals surface area contributed by atoms with Gasteiger partial charge in [-0.15, -0.1) is 0 Å². The molecule has 1 amide bonds. The van der Waals surface area contributed by atoms with Gasteiger partial charge in [0, 0.05) is 23.6 Å². The molecule has 0 aliphatic carbocycles. The maximum Gasteiger partial charge on any atom is 0.253 e. The summed E-state index contributed by atoms with van der Waals surface area (Å²) in [5.74, 6) is -0.0128. The number of amides is 1. The van der Waals surface area contributed by atoms with Crippen LogP contribution in [-0.4, -0.2) is 17.0 Å². The molecule has 122 valence electrons. The Hall–Kier alpha value is -2.81. The van der Waals surface area contributed by atoms with E-state index in [-0.39, 0.29) is 5.91 Å². The third-order valence-corrected chi connectivity index (χ3v) is 4.23. The molecule has 1 heterocycles. The van der Waals surface area contributed by atoms with E-state index in [0.29, 0.717) is 6.54 Å². The SMILES string of the molecule is Cc1cc(C(=O)NCCc2ccccc2)c(C)n1-c1ccccc1. The van der Waals surface area contributed by atoms with Crippen LogP contribution in [0.15, 0.2) is 66.7 Å². The van der Waals surface area contributed by atoms with Crippen molar-refractivity contribution in [1.29, 1.82) is 0 Å². The molecule has 0 aliphatic rings. The highest BCUT2D eigenvalue weighted by molar-refractivity contribution is 5.95. The summed E-state index contributed by atoms with van der Waals surface area (Å²) < 4.78 is 2.12. The number of para-hydroxylation sites is 1. The van der Waals surface area contributed by atoms with Crippen LogP contribution < -0.4 is 5.32 Å². The lowest BCUT2D eigenvalue weighted by Gasteiger charge is -2.10. The van der Waals surface area contributed by atoms with Gasteiger partial charge in [0.2, 0.25) is 0 Å². The maximum atomic E-state index is 12.5. The van der Waals surface area contributed by atoms with Crippen LogP contribution in [0.4, 0.5) is 0 Å². The first-order valence-electron chi connectivity index (χ1n) is 8.23. The topological polar surface area (TPSA) is 34.0 Å². The van der Waals surface area contributed by atoms with Crippen molar-refractivity contribution >= 4 is 5.91 Å². The van der Waals surface area contributed by atoms with E-state index in [1.807, 2.05) is 56.3 Å². The van der Waals surface area contributed by atoms with Crippen molar-refractivity contribution in [2.24, 2.45) is 0 Å². The van der Waals surface area contributed by atoms with E-state index in [1.165, 1.54) is 5.56 Å². The normalized spacial score (nSPS) is 10.6. The summed E-state index contributed by atoms with van der Waals surface area (Å²) in [6, 6.07) is 22.3. The molecule has 0 atom stereocenters. The zero-order valence-corrected chi connectivity index (χ0v) is 14.1. The summed E-state index contributed by atoms with van der Waals surface area (Å²) >= 11 is 0. The zero-order valence-electron chi connectivity index (χ0n) is 14.1. The maximum absolute atomic E-state index is 12.5.